The van der Waals surface area contributed by atoms with Crippen molar-refractivity contribution in [3.63, 3.8) is 0 Å². The quantitative estimate of drug-likeness (QED) is 0.900. The van der Waals surface area contributed by atoms with E-state index in [1.54, 1.807) is 20.3 Å². The molecule has 0 unspecified atom stereocenters. The summed E-state index contributed by atoms with van der Waals surface area (Å²) in [6.07, 6.45) is 0. The van der Waals surface area contributed by atoms with Crippen LogP contribution < -0.4 is 24.3 Å². The van der Waals surface area contributed by atoms with E-state index in [-0.39, 0.29) is 6.79 Å². The Morgan fingerprint density at radius 1 is 1.05 bits per heavy atom. The van der Waals surface area contributed by atoms with Crippen LogP contribution >= 0.6 is 0 Å². The van der Waals surface area contributed by atoms with E-state index in [0.29, 0.717) is 24.3 Å². The smallest absolute Gasteiger partial charge is 0.231 e. The predicted molar refractivity (Wildman–Crippen MR) is 75.0 cm³/mol. The third-order valence-electron chi connectivity index (χ3n) is 2.99. The summed E-state index contributed by atoms with van der Waals surface area (Å²) in [6, 6.07) is 7.38. The van der Waals surface area contributed by atoms with E-state index in [9.17, 15) is 0 Å². The Kier molecular flexibility index (Phi) is 3.63. The van der Waals surface area contributed by atoms with E-state index >= 15 is 0 Å². The molecule has 21 heavy (non-hydrogen) atoms. The van der Waals surface area contributed by atoms with Gasteiger partial charge in [-0.3, -0.25) is 0 Å². The highest BCUT2D eigenvalue weighted by molar-refractivity contribution is 5.45. The minimum atomic E-state index is 0.266. The van der Waals surface area contributed by atoms with Crippen molar-refractivity contribution in [3.8, 4) is 23.3 Å². The molecule has 0 radical (unpaired) electrons. The standard InChI is InChI=1S/C14H15N3O4/c1-18-12-6-13(19-2)17-14(16-12)15-7-9-3-4-10-11(5-9)21-8-20-10/h3-6H,7-8H2,1-2H3,(H,15,16,17). The number of hydrogen-bond donors (Lipinski definition) is 1. The second-order valence-corrected chi connectivity index (χ2v) is 4.32. The Bertz CT molecular complexity index is 626. The zero-order valence-corrected chi connectivity index (χ0v) is 11.8. The van der Waals surface area contributed by atoms with E-state index in [1.165, 1.54) is 0 Å². The van der Waals surface area contributed by atoms with Crippen LogP contribution in [-0.2, 0) is 6.54 Å². The molecule has 1 N–H and O–H groups in total. The Hall–Kier alpha value is -2.70. The van der Waals surface area contributed by atoms with Crippen molar-refractivity contribution in [1.82, 2.24) is 9.97 Å². The fourth-order valence-electron chi connectivity index (χ4n) is 1.92. The molecule has 1 aliphatic rings. The monoisotopic (exact) mass is 289 g/mol. The molecule has 0 fully saturated rings. The van der Waals surface area contributed by atoms with Crippen LogP contribution in [0.15, 0.2) is 24.3 Å². The molecule has 2 heterocycles. The van der Waals surface area contributed by atoms with Crippen molar-refractivity contribution in [1.29, 1.82) is 0 Å². The van der Waals surface area contributed by atoms with E-state index in [1.807, 2.05) is 18.2 Å². The first-order chi connectivity index (χ1) is 10.3. The van der Waals surface area contributed by atoms with Gasteiger partial charge in [0, 0.05) is 6.54 Å². The normalized spacial score (nSPS) is 12.1. The van der Waals surface area contributed by atoms with E-state index < -0.39 is 0 Å². The number of fused-ring (bicyclic) bond motifs is 1. The second-order valence-electron chi connectivity index (χ2n) is 4.32. The third kappa shape index (κ3) is 2.91. The maximum absolute atomic E-state index is 5.34. The van der Waals surface area contributed by atoms with Gasteiger partial charge in [-0.2, -0.15) is 9.97 Å². The average molecular weight is 289 g/mol. The molecule has 0 spiro atoms. The minimum Gasteiger partial charge on any atom is -0.481 e. The maximum Gasteiger partial charge on any atom is 0.231 e. The summed E-state index contributed by atoms with van der Waals surface area (Å²) in [4.78, 5) is 8.41. The molecule has 0 saturated carbocycles. The predicted octanol–water partition coefficient (Wildman–Crippen LogP) is 1.83. The van der Waals surface area contributed by atoms with Crippen LogP contribution in [0.4, 0.5) is 5.95 Å². The average Bonchev–Trinajstić information content (AvgIpc) is 3.00. The molecule has 3 rings (SSSR count). The largest absolute Gasteiger partial charge is 0.481 e. The van der Waals surface area contributed by atoms with Crippen molar-refractivity contribution < 1.29 is 18.9 Å². The highest BCUT2D eigenvalue weighted by Gasteiger charge is 2.13. The van der Waals surface area contributed by atoms with Gasteiger partial charge in [-0.05, 0) is 17.7 Å². The third-order valence-corrected chi connectivity index (χ3v) is 2.99. The van der Waals surface area contributed by atoms with Crippen molar-refractivity contribution in [3.05, 3.63) is 29.8 Å². The van der Waals surface area contributed by atoms with Gasteiger partial charge < -0.3 is 24.3 Å². The summed E-state index contributed by atoms with van der Waals surface area (Å²) >= 11 is 0. The van der Waals surface area contributed by atoms with Crippen LogP contribution in [0.5, 0.6) is 23.3 Å². The van der Waals surface area contributed by atoms with Crippen LogP contribution in [0.25, 0.3) is 0 Å². The lowest BCUT2D eigenvalue weighted by atomic mass is 10.2. The van der Waals surface area contributed by atoms with Crippen LogP contribution in [-0.4, -0.2) is 31.0 Å². The molecular formula is C14H15N3O4. The second kappa shape index (κ2) is 5.74. The number of rotatable bonds is 5. The Morgan fingerprint density at radius 3 is 2.48 bits per heavy atom. The Labute approximate surface area is 121 Å². The fourth-order valence-corrected chi connectivity index (χ4v) is 1.92. The van der Waals surface area contributed by atoms with Crippen molar-refractivity contribution in [2.75, 3.05) is 26.3 Å². The molecule has 0 atom stereocenters. The first kappa shape index (κ1) is 13.3. The van der Waals surface area contributed by atoms with E-state index in [0.717, 1.165) is 17.1 Å². The molecule has 110 valence electrons. The number of hydrogen-bond acceptors (Lipinski definition) is 7. The first-order valence-corrected chi connectivity index (χ1v) is 6.38. The summed E-state index contributed by atoms with van der Waals surface area (Å²) in [6.45, 7) is 0.815. The van der Waals surface area contributed by atoms with Gasteiger partial charge in [0.2, 0.25) is 24.5 Å². The van der Waals surface area contributed by atoms with E-state index in [4.69, 9.17) is 18.9 Å². The highest BCUT2D eigenvalue weighted by atomic mass is 16.7. The number of anilines is 1. The van der Waals surface area contributed by atoms with Gasteiger partial charge in [-0.25, -0.2) is 0 Å². The molecule has 0 saturated heterocycles. The Balaban J connectivity index is 1.72. The van der Waals surface area contributed by atoms with Crippen LogP contribution in [0.1, 0.15) is 5.56 Å². The number of methoxy groups -OCH3 is 2. The van der Waals surface area contributed by atoms with Gasteiger partial charge in [-0.1, -0.05) is 6.07 Å². The first-order valence-electron chi connectivity index (χ1n) is 6.38. The summed E-state index contributed by atoms with van der Waals surface area (Å²) in [5.41, 5.74) is 1.03. The lowest BCUT2D eigenvalue weighted by molar-refractivity contribution is 0.174. The SMILES string of the molecule is COc1cc(OC)nc(NCc2ccc3c(c2)OCO3)n1. The number of benzene rings is 1. The summed E-state index contributed by atoms with van der Waals surface area (Å²) in [5.74, 6) is 2.82. The van der Waals surface area contributed by atoms with Crippen LogP contribution in [0.2, 0.25) is 0 Å². The molecule has 7 heteroatoms. The van der Waals surface area contributed by atoms with Gasteiger partial charge in [0.05, 0.1) is 20.3 Å². The highest BCUT2D eigenvalue weighted by Crippen LogP contribution is 2.32. The van der Waals surface area contributed by atoms with Crippen molar-refractivity contribution in [2.45, 2.75) is 6.54 Å². The number of nitrogens with one attached hydrogen (secondary N) is 1. The van der Waals surface area contributed by atoms with Crippen LogP contribution in [0, 0.1) is 0 Å². The lowest BCUT2D eigenvalue weighted by Crippen LogP contribution is -2.05. The van der Waals surface area contributed by atoms with Gasteiger partial charge in [0.25, 0.3) is 0 Å². The maximum atomic E-state index is 5.34. The molecule has 7 nitrogen and oxygen atoms in total. The zero-order valence-electron chi connectivity index (χ0n) is 11.8. The van der Waals surface area contributed by atoms with Crippen molar-refractivity contribution >= 4 is 5.95 Å². The molecule has 1 aromatic carbocycles. The number of ether oxygens (including phenoxy) is 4. The molecule has 0 amide bonds. The summed E-state index contributed by atoms with van der Waals surface area (Å²) in [7, 11) is 3.09. The Morgan fingerprint density at radius 2 is 1.76 bits per heavy atom. The van der Waals surface area contributed by atoms with Gasteiger partial charge in [-0.15, -0.1) is 0 Å². The topological polar surface area (TPSA) is 74.7 Å². The molecule has 0 aliphatic carbocycles. The molecule has 1 aliphatic heterocycles. The summed E-state index contributed by atoms with van der Waals surface area (Å²) in [5, 5.41) is 3.12. The van der Waals surface area contributed by atoms with Crippen LogP contribution in [0.3, 0.4) is 0 Å². The van der Waals surface area contributed by atoms with Gasteiger partial charge in [0.15, 0.2) is 11.5 Å². The van der Waals surface area contributed by atoms with Gasteiger partial charge >= 0.3 is 0 Å². The molecule has 2 aromatic rings. The molecule has 1 aromatic heterocycles. The van der Waals surface area contributed by atoms with Crippen molar-refractivity contribution in [2.24, 2.45) is 0 Å². The number of aromatic nitrogens is 2. The fraction of sp³-hybridized carbons (Fsp3) is 0.286. The molecular weight excluding hydrogens is 274 g/mol. The molecule has 0 bridgehead atoms. The summed E-state index contributed by atoms with van der Waals surface area (Å²) < 4.78 is 20.8. The zero-order chi connectivity index (χ0) is 14.7. The number of nitrogens with zero attached hydrogens (tertiary/aromatic N) is 2. The van der Waals surface area contributed by atoms with Gasteiger partial charge in [0.1, 0.15) is 0 Å². The minimum absolute atomic E-state index is 0.266. The lowest BCUT2D eigenvalue weighted by Gasteiger charge is -2.08. The van der Waals surface area contributed by atoms with E-state index in [2.05, 4.69) is 15.3 Å².